The number of nitrogens with two attached hydrogens (primary N) is 4. The van der Waals surface area contributed by atoms with Crippen molar-refractivity contribution in [1.29, 1.82) is 0 Å². The zero-order chi connectivity index (χ0) is 42.7. The molecule has 316 valence electrons. The molecule has 60 heavy (non-hydrogen) atoms. The maximum absolute atomic E-state index is 13.5. The third-order valence-electron chi connectivity index (χ3n) is 9.83. The number of nitrogens with zero attached hydrogens (tertiary/aromatic N) is 10. The number of hydrogen-bond donors (Lipinski definition) is 4. The predicted octanol–water partition coefficient (Wildman–Crippen LogP) is 9.93. The van der Waals surface area contributed by atoms with E-state index < -0.39 is 0 Å². The SMILES string of the molecule is C.CC(C)n1cc(C2=NCC=C2)c2c(N)ccnc21.CC(C)n1cc(F)c2c(N)ccnc21.CC(C)n1cc(I)c2c(N)ncnc21.CC(C)n1ccc2c(N)ccnc21. The van der Waals surface area contributed by atoms with Gasteiger partial charge in [0.1, 0.15) is 34.7 Å². The topological polar surface area (TPSA) is 201 Å². The summed E-state index contributed by atoms with van der Waals surface area (Å²) >= 11 is 2.26. The third-order valence-corrected chi connectivity index (χ3v) is 10.6. The first-order valence-electron chi connectivity index (χ1n) is 19.4. The van der Waals surface area contributed by atoms with Gasteiger partial charge in [0.25, 0.3) is 0 Å². The monoisotopic (exact) mass is 926 g/mol. The van der Waals surface area contributed by atoms with Gasteiger partial charge in [-0.05, 0) is 108 Å². The Morgan fingerprint density at radius 1 is 0.600 bits per heavy atom. The number of aliphatic imine (C=N–C) groups is 1. The Morgan fingerprint density at radius 2 is 1.12 bits per heavy atom. The number of pyridine rings is 3. The van der Waals surface area contributed by atoms with Gasteiger partial charge in [-0.15, -0.1) is 0 Å². The molecule has 8 N–H and O–H groups in total. The smallest absolute Gasteiger partial charge is 0.152 e. The van der Waals surface area contributed by atoms with E-state index in [4.69, 9.17) is 22.9 Å². The molecule has 0 unspecified atom stereocenters. The van der Waals surface area contributed by atoms with E-state index in [9.17, 15) is 4.39 Å². The van der Waals surface area contributed by atoms with E-state index in [2.05, 4.69) is 126 Å². The molecule has 0 amide bonds. The zero-order valence-corrected chi connectivity index (χ0v) is 36.8. The first kappa shape index (κ1) is 45.1. The van der Waals surface area contributed by atoms with Crippen LogP contribution in [0, 0.1) is 9.39 Å². The molecule has 14 nitrogen and oxygen atoms in total. The lowest BCUT2D eigenvalue weighted by Crippen LogP contribution is -2.00. The largest absolute Gasteiger partial charge is 0.398 e. The molecular weight excluding hydrogens is 870 g/mol. The van der Waals surface area contributed by atoms with E-state index in [-0.39, 0.29) is 19.3 Å². The minimum absolute atomic E-state index is 0. The lowest BCUT2D eigenvalue weighted by molar-refractivity contribution is 0.585. The summed E-state index contributed by atoms with van der Waals surface area (Å²) in [6.45, 7) is 17.5. The molecule has 8 aromatic heterocycles. The van der Waals surface area contributed by atoms with Crippen LogP contribution < -0.4 is 22.9 Å². The van der Waals surface area contributed by atoms with Crippen molar-refractivity contribution in [2.75, 3.05) is 29.5 Å². The van der Waals surface area contributed by atoms with Crippen molar-refractivity contribution in [2.24, 2.45) is 4.99 Å². The van der Waals surface area contributed by atoms with Crippen LogP contribution in [0.25, 0.3) is 44.1 Å². The molecule has 0 aliphatic carbocycles. The minimum atomic E-state index is -0.306. The predicted molar refractivity (Wildman–Crippen MR) is 256 cm³/mol. The highest BCUT2D eigenvalue weighted by Gasteiger charge is 2.18. The average molecular weight is 927 g/mol. The third kappa shape index (κ3) is 9.07. The molecule has 0 spiro atoms. The number of rotatable bonds is 5. The Balaban J connectivity index is 0.000000152. The Bertz CT molecular complexity index is 2710. The average Bonchev–Trinajstić information content (AvgIpc) is 4.03. The van der Waals surface area contributed by atoms with Crippen molar-refractivity contribution >= 4 is 95.3 Å². The molecule has 8 aromatic rings. The first-order chi connectivity index (χ1) is 28.1. The highest BCUT2D eigenvalue weighted by atomic mass is 127. The second kappa shape index (κ2) is 18.9. The van der Waals surface area contributed by atoms with Gasteiger partial charge in [0.05, 0.1) is 28.4 Å². The Kier molecular flexibility index (Phi) is 14.2. The number of allylic oxidation sites excluding steroid dienone is 1. The Labute approximate surface area is 363 Å². The molecule has 0 fully saturated rings. The van der Waals surface area contributed by atoms with Gasteiger partial charge in [0.2, 0.25) is 0 Å². The number of fused-ring (bicyclic) bond motifs is 4. The summed E-state index contributed by atoms with van der Waals surface area (Å²) in [5.41, 5.74) is 30.9. The minimum Gasteiger partial charge on any atom is -0.398 e. The molecule has 1 aliphatic heterocycles. The number of anilines is 4. The fourth-order valence-electron chi connectivity index (χ4n) is 6.83. The molecule has 9 heterocycles. The van der Waals surface area contributed by atoms with Crippen LogP contribution in [0.15, 0.2) is 91.1 Å². The van der Waals surface area contributed by atoms with Crippen molar-refractivity contribution in [3.05, 3.63) is 101 Å². The Morgan fingerprint density at radius 3 is 1.70 bits per heavy atom. The fraction of sp³-hybridized carbons (Fsp3) is 0.318. The highest BCUT2D eigenvalue weighted by Crippen LogP contribution is 2.30. The van der Waals surface area contributed by atoms with Crippen molar-refractivity contribution in [3.63, 3.8) is 0 Å². The van der Waals surface area contributed by atoms with Gasteiger partial charge in [0, 0.05) is 99.1 Å². The van der Waals surface area contributed by atoms with Crippen LogP contribution in [0.4, 0.5) is 27.3 Å². The summed E-state index contributed by atoms with van der Waals surface area (Å²) in [6.07, 6.45) is 18.3. The van der Waals surface area contributed by atoms with Crippen LogP contribution in [0.2, 0.25) is 0 Å². The normalized spacial score (nSPS) is 12.2. The molecule has 0 radical (unpaired) electrons. The van der Waals surface area contributed by atoms with Crippen molar-refractivity contribution in [3.8, 4) is 0 Å². The lowest BCUT2D eigenvalue weighted by Gasteiger charge is -2.07. The van der Waals surface area contributed by atoms with Gasteiger partial charge in [-0.25, -0.2) is 29.3 Å². The summed E-state index contributed by atoms with van der Waals surface area (Å²) < 4.78 is 22.7. The summed E-state index contributed by atoms with van der Waals surface area (Å²) in [6, 6.07) is 8.62. The van der Waals surface area contributed by atoms with Crippen molar-refractivity contribution in [1.82, 2.24) is 43.2 Å². The summed E-state index contributed by atoms with van der Waals surface area (Å²) in [4.78, 5) is 25.6. The van der Waals surface area contributed by atoms with E-state index >= 15 is 0 Å². The molecular formula is C44H56FIN14. The van der Waals surface area contributed by atoms with E-state index in [0.717, 1.165) is 65.9 Å². The Hall–Kier alpha value is -6.04. The molecule has 9 rings (SSSR count). The van der Waals surface area contributed by atoms with E-state index in [1.54, 1.807) is 29.2 Å². The molecule has 0 aromatic carbocycles. The number of hydrogen-bond acceptors (Lipinski definition) is 10. The summed E-state index contributed by atoms with van der Waals surface area (Å²) in [7, 11) is 0. The number of halogens is 2. The second-order valence-corrected chi connectivity index (χ2v) is 16.4. The van der Waals surface area contributed by atoms with Crippen molar-refractivity contribution < 1.29 is 4.39 Å². The molecule has 0 saturated heterocycles. The van der Waals surface area contributed by atoms with Gasteiger partial charge in [0.15, 0.2) is 5.82 Å². The van der Waals surface area contributed by atoms with Crippen LogP contribution in [-0.4, -0.2) is 55.4 Å². The van der Waals surface area contributed by atoms with Crippen molar-refractivity contribution in [2.45, 2.75) is 87.0 Å². The quantitative estimate of drug-likeness (QED) is 0.121. The van der Waals surface area contributed by atoms with E-state index in [1.165, 1.54) is 12.5 Å². The molecule has 0 saturated carbocycles. The van der Waals surface area contributed by atoms with E-state index in [0.29, 0.717) is 40.7 Å². The lowest BCUT2D eigenvalue weighted by atomic mass is 10.1. The van der Waals surface area contributed by atoms with Gasteiger partial charge >= 0.3 is 0 Å². The van der Waals surface area contributed by atoms with Crippen LogP contribution in [-0.2, 0) is 0 Å². The van der Waals surface area contributed by atoms with E-state index in [1.807, 2.05) is 44.3 Å². The van der Waals surface area contributed by atoms with Gasteiger partial charge < -0.3 is 41.2 Å². The fourth-order valence-corrected chi connectivity index (χ4v) is 7.65. The summed E-state index contributed by atoms with van der Waals surface area (Å²) in [5.74, 6) is 0.248. The van der Waals surface area contributed by atoms with Crippen LogP contribution in [0.1, 0.15) is 92.5 Å². The molecule has 0 bridgehead atoms. The van der Waals surface area contributed by atoms with Crippen LogP contribution in [0.5, 0.6) is 0 Å². The second-order valence-electron chi connectivity index (χ2n) is 15.2. The number of nitrogen functional groups attached to an aromatic ring is 4. The molecule has 16 heteroatoms. The highest BCUT2D eigenvalue weighted by molar-refractivity contribution is 14.1. The van der Waals surface area contributed by atoms with Gasteiger partial charge in [-0.1, -0.05) is 13.5 Å². The first-order valence-corrected chi connectivity index (χ1v) is 20.5. The summed E-state index contributed by atoms with van der Waals surface area (Å²) in [5, 5.41) is 3.43. The maximum Gasteiger partial charge on any atom is 0.152 e. The number of aromatic nitrogens is 9. The van der Waals surface area contributed by atoms with Crippen LogP contribution >= 0.6 is 22.6 Å². The molecule has 0 atom stereocenters. The maximum atomic E-state index is 13.5. The van der Waals surface area contributed by atoms with Crippen LogP contribution in [0.3, 0.4) is 0 Å². The van der Waals surface area contributed by atoms with Gasteiger partial charge in [-0.3, -0.25) is 4.99 Å². The zero-order valence-electron chi connectivity index (χ0n) is 34.6. The standard InChI is InChI=1S/C14H16N4.C10H12FN3.C10H13N3.C9H11IN4.CH4/c1-9(2)18-8-10(12-4-3-6-16-12)13-11(15)5-7-17-14(13)18;1-6(2)14-5-7(11)9-8(12)3-4-13-10(9)14;1-7(2)13-6-4-8-9(11)3-5-12-10(8)13;1-5(2)14-3-6(10)7-8(11)12-4-13-9(7)14;/h3-5,7-9H,6H2,1-2H3,(H2,15,17);3-6H,1-2H3,(H2,12,13);3-7H,1-2H3,(H2,11,12);3-5H,1-2H3,(H2,11,12,13);1H4. The van der Waals surface area contributed by atoms with Gasteiger partial charge in [-0.2, -0.15) is 0 Å². The molecule has 1 aliphatic rings.